The van der Waals surface area contributed by atoms with E-state index in [1.165, 1.54) is 0 Å². The van der Waals surface area contributed by atoms with Crippen molar-refractivity contribution in [1.29, 1.82) is 0 Å². The molecule has 2 atom stereocenters. The second-order valence-corrected chi connectivity index (χ2v) is 7.29. The van der Waals surface area contributed by atoms with Crippen LogP contribution in [0, 0.1) is 12.8 Å². The maximum Gasteiger partial charge on any atom is 0.223 e. The largest absolute Gasteiger partial charge is 0.357 e. The van der Waals surface area contributed by atoms with Gasteiger partial charge in [0.05, 0.1) is 0 Å². The summed E-state index contributed by atoms with van der Waals surface area (Å²) in [6.07, 6.45) is 3.91. The lowest BCUT2D eigenvalue weighted by Crippen LogP contribution is -2.47. The third-order valence-corrected chi connectivity index (χ3v) is 4.72. The quantitative estimate of drug-likeness (QED) is 0.522. The number of aliphatic imine (C=N–C) groups is 1. The van der Waals surface area contributed by atoms with Gasteiger partial charge in [0.2, 0.25) is 5.91 Å². The summed E-state index contributed by atoms with van der Waals surface area (Å²) in [7, 11) is 1.94. The molecule has 2 unspecified atom stereocenters. The molecular formula is C18H33N7O. The predicted octanol–water partition coefficient (Wildman–Crippen LogP) is 1.26. The van der Waals surface area contributed by atoms with Crippen LogP contribution in [0.1, 0.15) is 58.1 Å². The molecule has 1 aliphatic rings. The molecular weight excluding hydrogens is 330 g/mol. The highest BCUT2D eigenvalue weighted by molar-refractivity contribution is 5.81. The van der Waals surface area contributed by atoms with Crippen LogP contribution in [0.5, 0.6) is 0 Å². The number of carbonyl (C=O) groups is 1. The maximum atomic E-state index is 12.3. The summed E-state index contributed by atoms with van der Waals surface area (Å²) in [5, 5.41) is 18.0. The number of hydrogen-bond donors (Lipinski definition) is 3. The number of nitrogens with zero attached hydrogens (tertiary/aromatic N) is 4. The molecule has 1 aromatic heterocycles. The third-order valence-electron chi connectivity index (χ3n) is 4.72. The van der Waals surface area contributed by atoms with Crippen LogP contribution in [-0.4, -0.2) is 45.3 Å². The highest BCUT2D eigenvalue weighted by Crippen LogP contribution is 2.24. The van der Waals surface area contributed by atoms with Gasteiger partial charge in [0.15, 0.2) is 11.8 Å². The number of rotatable bonds is 6. The summed E-state index contributed by atoms with van der Waals surface area (Å²) >= 11 is 0. The highest BCUT2D eigenvalue weighted by Gasteiger charge is 2.28. The monoisotopic (exact) mass is 363 g/mol. The van der Waals surface area contributed by atoms with Crippen LogP contribution in [0.4, 0.5) is 0 Å². The Hall–Kier alpha value is -2.12. The minimum absolute atomic E-state index is 0.0768. The molecule has 0 aliphatic heterocycles. The lowest BCUT2D eigenvalue weighted by Gasteiger charge is -2.30. The number of nitrogens with one attached hydrogen (secondary N) is 3. The van der Waals surface area contributed by atoms with Crippen LogP contribution in [-0.2, 0) is 18.4 Å². The SMILES string of the molecule is CCNC(=NCc1nnc(C)n1C)NC1CCCC(C(=O)NC(C)C)C1. The molecule has 0 aromatic carbocycles. The fraction of sp³-hybridized carbons (Fsp3) is 0.778. The fourth-order valence-corrected chi connectivity index (χ4v) is 3.21. The normalized spacial score (nSPS) is 20.9. The Kier molecular flexibility index (Phi) is 7.41. The molecule has 0 radical (unpaired) electrons. The van der Waals surface area contributed by atoms with Crippen molar-refractivity contribution in [3.8, 4) is 0 Å². The molecule has 1 aliphatic carbocycles. The van der Waals surface area contributed by atoms with Crippen LogP contribution >= 0.6 is 0 Å². The van der Waals surface area contributed by atoms with Crippen LogP contribution in [0.25, 0.3) is 0 Å². The van der Waals surface area contributed by atoms with E-state index in [9.17, 15) is 4.79 Å². The molecule has 1 aromatic rings. The molecule has 0 saturated heterocycles. The van der Waals surface area contributed by atoms with Crippen molar-refractivity contribution in [3.63, 3.8) is 0 Å². The lowest BCUT2D eigenvalue weighted by molar-refractivity contribution is -0.126. The molecule has 146 valence electrons. The van der Waals surface area contributed by atoms with Crippen molar-refractivity contribution in [3.05, 3.63) is 11.6 Å². The van der Waals surface area contributed by atoms with E-state index in [-0.39, 0.29) is 23.9 Å². The Labute approximate surface area is 156 Å². The van der Waals surface area contributed by atoms with Gasteiger partial charge in [-0.3, -0.25) is 4.79 Å². The predicted molar refractivity (Wildman–Crippen MR) is 103 cm³/mol. The molecule has 8 nitrogen and oxygen atoms in total. The number of aryl methyl sites for hydroxylation is 1. The van der Waals surface area contributed by atoms with Gasteiger partial charge < -0.3 is 20.5 Å². The van der Waals surface area contributed by atoms with Crippen LogP contribution in [0.2, 0.25) is 0 Å². The van der Waals surface area contributed by atoms with E-state index in [0.717, 1.165) is 49.8 Å². The first-order valence-corrected chi connectivity index (χ1v) is 9.60. The minimum Gasteiger partial charge on any atom is -0.357 e. The molecule has 1 amide bonds. The summed E-state index contributed by atoms with van der Waals surface area (Å²) in [6.45, 7) is 9.23. The van der Waals surface area contributed by atoms with Crippen molar-refractivity contribution in [1.82, 2.24) is 30.7 Å². The van der Waals surface area contributed by atoms with Crippen molar-refractivity contribution in [2.45, 2.75) is 72.0 Å². The Morgan fingerprint density at radius 2 is 2.12 bits per heavy atom. The summed E-state index contributed by atoms with van der Waals surface area (Å²) < 4.78 is 1.94. The number of guanidine groups is 1. The zero-order valence-corrected chi connectivity index (χ0v) is 16.7. The van der Waals surface area contributed by atoms with Crippen LogP contribution in [0.3, 0.4) is 0 Å². The van der Waals surface area contributed by atoms with Crippen LogP contribution < -0.4 is 16.0 Å². The van der Waals surface area contributed by atoms with Gasteiger partial charge >= 0.3 is 0 Å². The van der Waals surface area contributed by atoms with E-state index in [1.807, 2.05) is 39.3 Å². The molecule has 26 heavy (non-hydrogen) atoms. The van der Waals surface area contributed by atoms with Gasteiger partial charge in [-0.2, -0.15) is 0 Å². The summed E-state index contributed by atoms with van der Waals surface area (Å²) in [5.74, 6) is 2.72. The molecule has 1 fully saturated rings. The van der Waals surface area contributed by atoms with Gasteiger partial charge in [-0.15, -0.1) is 10.2 Å². The zero-order chi connectivity index (χ0) is 19.1. The minimum atomic E-state index is 0.0768. The van der Waals surface area contributed by atoms with Crippen molar-refractivity contribution >= 4 is 11.9 Å². The Morgan fingerprint density at radius 3 is 2.73 bits per heavy atom. The molecule has 0 bridgehead atoms. The average Bonchev–Trinajstić information content (AvgIpc) is 2.91. The van der Waals surface area contributed by atoms with E-state index in [4.69, 9.17) is 0 Å². The molecule has 3 N–H and O–H groups in total. The Bertz CT molecular complexity index is 623. The zero-order valence-electron chi connectivity index (χ0n) is 16.7. The van der Waals surface area contributed by atoms with Gasteiger partial charge in [-0.05, 0) is 47.0 Å². The molecule has 0 spiro atoms. The summed E-state index contributed by atoms with van der Waals surface area (Å²) in [4.78, 5) is 17.0. The Balaban J connectivity index is 1.96. The van der Waals surface area contributed by atoms with E-state index in [1.54, 1.807) is 0 Å². The average molecular weight is 364 g/mol. The van der Waals surface area contributed by atoms with E-state index in [0.29, 0.717) is 6.54 Å². The van der Waals surface area contributed by atoms with E-state index < -0.39 is 0 Å². The molecule has 2 rings (SSSR count). The van der Waals surface area contributed by atoms with E-state index >= 15 is 0 Å². The summed E-state index contributed by atoms with van der Waals surface area (Å²) in [5.41, 5.74) is 0. The molecule has 1 heterocycles. The number of amides is 1. The van der Waals surface area contributed by atoms with Crippen molar-refractivity contribution in [2.75, 3.05) is 6.54 Å². The summed E-state index contributed by atoms with van der Waals surface area (Å²) in [6, 6.07) is 0.440. The number of aromatic nitrogens is 3. The topological polar surface area (TPSA) is 96.2 Å². The Morgan fingerprint density at radius 1 is 1.35 bits per heavy atom. The number of hydrogen-bond acceptors (Lipinski definition) is 4. The highest BCUT2D eigenvalue weighted by atomic mass is 16.1. The van der Waals surface area contributed by atoms with Crippen LogP contribution in [0.15, 0.2) is 4.99 Å². The number of carbonyl (C=O) groups excluding carboxylic acids is 1. The maximum absolute atomic E-state index is 12.3. The van der Waals surface area contributed by atoms with Gasteiger partial charge in [0, 0.05) is 31.6 Å². The molecule has 1 saturated carbocycles. The van der Waals surface area contributed by atoms with Gasteiger partial charge in [0.1, 0.15) is 12.4 Å². The standard InChI is InChI=1S/C18H33N7O/c1-6-19-18(20-11-16-24-23-13(4)25(16)5)22-15-9-7-8-14(10-15)17(26)21-12(2)3/h12,14-15H,6-11H2,1-5H3,(H,21,26)(H2,19,20,22). The molecule has 8 heteroatoms. The van der Waals surface area contributed by atoms with Gasteiger partial charge in [-0.1, -0.05) is 6.42 Å². The van der Waals surface area contributed by atoms with Crippen molar-refractivity contribution in [2.24, 2.45) is 18.0 Å². The first-order valence-electron chi connectivity index (χ1n) is 9.60. The first-order chi connectivity index (χ1) is 12.4. The third kappa shape index (κ3) is 5.71. The van der Waals surface area contributed by atoms with E-state index in [2.05, 4.69) is 31.1 Å². The smallest absolute Gasteiger partial charge is 0.223 e. The van der Waals surface area contributed by atoms with Crippen molar-refractivity contribution < 1.29 is 4.79 Å². The first kappa shape index (κ1) is 20.2. The van der Waals surface area contributed by atoms with Gasteiger partial charge in [-0.25, -0.2) is 4.99 Å². The van der Waals surface area contributed by atoms with Gasteiger partial charge in [0.25, 0.3) is 0 Å². The lowest BCUT2D eigenvalue weighted by atomic mass is 9.85. The second kappa shape index (κ2) is 9.54. The second-order valence-electron chi connectivity index (χ2n) is 7.29. The fourth-order valence-electron chi connectivity index (χ4n) is 3.21.